The van der Waals surface area contributed by atoms with Gasteiger partial charge in [-0.05, 0) is 36.3 Å². The van der Waals surface area contributed by atoms with Crippen molar-refractivity contribution >= 4 is 33.2 Å². The van der Waals surface area contributed by atoms with E-state index in [0.29, 0.717) is 12.0 Å². The number of carbonyl (C=O) groups excluding carboxylic acids is 2. The van der Waals surface area contributed by atoms with E-state index in [4.69, 9.17) is 0 Å². The SMILES string of the molecule is CN(C)C(=O)c1sc2ccccc2c1CC1CCCCCN1C(=O)c1cnn(C)c1. The van der Waals surface area contributed by atoms with Gasteiger partial charge in [0.25, 0.3) is 11.8 Å². The second-order valence-corrected chi connectivity index (χ2v) is 9.27. The van der Waals surface area contributed by atoms with Gasteiger partial charge in [0.15, 0.2) is 0 Å². The van der Waals surface area contributed by atoms with Gasteiger partial charge in [0, 0.05) is 44.6 Å². The number of benzene rings is 1. The zero-order valence-corrected chi connectivity index (χ0v) is 18.6. The Labute approximate surface area is 181 Å². The fraction of sp³-hybridized carbons (Fsp3) is 0.435. The molecule has 1 fully saturated rings. The van der Waals surface area contributed by atoms with Gasteiger partial charge < -0.3 is 9.80 Å². The van der Waals surface area contributed by atoms with Gasteiger partial charge in [-0.25, -0.2) is 0 Å². The molecule has 6 nitrogen and oxygen atoms in total. The number of hydrogen-bond acceptors (Lipinski definition) is 4. The van der Waals surface area contributed by atoms with Gasteiger partial charge in [-0.1, -0.05) is 31.0 Å². The molecule has 0 saturated carbocycles. The molecule has 1 saturated heterocycles. The number of fused-ring (bicyclic) bond motifs is 1. The van der Waals surface area contributed by atoms with E-state index in [1.54, 1.807) is 47.4 Å². The molecule has 3 heterocycles. The minimum Gasteiger partial charge on any atom is -0.344 e. The van der Waals surface area contributed by atoms with E-state index >= 15 is 0 Å². The summed E-state index contributed by atoms with van der Waals surface area (Å²) >= 11 is 1.56. The summed E-state index contributed by atoms with van der Waals surface area (Å²) in [5, 5.41) is 5.31. The van der Waals surface area contributed by atoms with Crippen LogP contribution in [-0.2, 0) is 13.5 Å². The summed E-state index contributed by atoms with van der Waals surface area (Å²) in [6.45, 7) is 0.747. The minimum absolute atomic E-state index is 0.0324. The molecule has 1 aromatic carbocycles. The Morgan fingerprint density at radius 2 is 2.00 bits per heavy atom. The number of rotatable bonds is 4. The topological polar surface area (TPSA) is 58.4 Å². The van der Waals surface area contributed by atoms with Gasteiger partial charge in [-0.15, -0.1) is 11.3 Å². The Bertz CT molecular complexity index is 1070. The number of nitrogens with zero attached hydrogens (tertiary/aromatic N) is 4. The summed E-state index contributed by atoms with van der Waals surface area (Å²) in [6, 6.07) is 8.27. The maximum absolute atomic E-state index is 13.3. The first-order chi connectivity index (χ1) is 14.5. The van der Waals surface area contributed by atoms with Gasteiger partial charge in [-0.3, -0.25) is 14.3 Å². The molecule has 2 amide bonds. The molecule has 2 aromatic heterocycles. The van der Waals surface area contributed by atoms with Crippen molar-refractivity contribution in [3.8, 4) is 0 Å². The molecule has 3 aromatic rings. The van der Waals surface area contributed by atoms with Crippen LogP contribution in [0, 0.1) is 0 Å². The highest BCUT2D eigenvalue weighted by Gasteiger charge is 2.30. The molecule has 0 radical (unpaired) electrons. The largest absolute Gasteiger partial charge is 0.344 e. The highest BCUT2D eigenvalue weighted by Crippen LogP contribution is 2.35. The summed E-state index contributed by atoms with van der Waals surface area (Å²) in [7, 11) is 5.41. The van der Waals surface area contributed by atoms with E-state index < -0.39 is 0 Å². The van der Waals surface area contributed by atoms with Crippen molar-refractivity contribution in [2.24, 2.45) is 7.05 Å². The molecule has 0 bridgehead atoms. The van der Waals surface area contributed by atoms with Crippen LogP contribution in [0.25, 0.3) is 10.1 Å². The van der Waals surface area contributed by atoms with E-state index in [0.717, 1.165) is 52.8 Å². The van der Waals surface area contributed by atoms with Crippen LogP contribution >= 0.6 is 11.3 Å². The number of aromatic nitrogens is 2. The Morgan fingerprint density at radius 1 is 1.20 bits per heavy atom. The number of hydrogen-bond donors (Lipinski definition) is 0. The number of aryl methyl sites for hydroxylation is 1. The summed E-state index contributed by atoms with van der Waals surface area (Å²) < 4.78 is 2.79. The van der Waals surface area contributed by atoms with Gasteiger partial charge in [0.1, 0.15) is 0 Å². The van der Waals surface area contributed by atoms with Crippen molar-refractivity contribution in [2.45, 2.75) is 38.1 Å². The molecule has 1 atom stereocenters. The molecule has 1 unspecified atom stereocenters. The van der Waals surface area contributed by atoms with E-state index in [1.807, 2.05) is 24.1 Å². The highest BCUT2D eigenvalue weighted by molar-refractivity contribution is 7.21. The van der Waals surface area contributed by atoms with E-state index in [2.05, 4.69) is 17.2 Å². The lowest BCUT2D eigenvalue weighted by Gasteiger charge is -2.30. The summed E-state index contributed by atoms with van der Waals surface area (Å²) in [4.78, 5) is 30.7. The van der Waals surface area contributed by atoms with Crippen LogP contribution in [0.4, 0.5) is 0 Å². The van der Waals surface area contributed by atoms with E-state index in [9.17, 15) is 9.59 Å². The Kier molecular flexibility index (Phi) is 5.90. The Morgan fingerprint density at radius 3 is 2.73 bits per heavy atom. The van der Waals surface area contributed by atoms with Gasteiger partial charge in [0.05, 0.1) is 16.6 Å². The number of amides is 2. The number of thiophene rings is 1. The lowest BCUT2D eigenvalue weighted by atomic mass is 9.97. The molecule has 30 heavy (non-hydrogen) atoms. The molecule has 0 spiro atoms. The van der Waals surface area contributed by atoms with Gasteiger partial charge >= 0.3 is 0 Å². The van der Waals surface area contributed by atoms with Crippen molar-refractivity contribution in [1.82, 2.24) is 19.6 Å². The third-order valence-electron chi connectivity index (χ3n) is 5.83. The summed E-state index contributed by atoms with van der Waals surface area (Å²) in [6.07, 6.45) is 8.31. The predicted octanol–water partition coefficient (Wildman–Crippen LogP) is 3.96. The van der Waals surface area contributed by atoms with Crippen LogP contribution in [-0.4, -0.2) is 58.1 Å². The Hall–Kier alpha value is -2.67. The highest BCUT2D eigenvalue weighted by atomic mass is 32.1. The number of likely N-dealkylation sites (tertiary alicyclic amines) is 1. The van der Waals surface area contributed by atoms with Crippen LogP contribution in [0.1, 0.15) is 51.3 Å². The molecular formula is C23H28N4O2S. The van der Waals surface area contributed by atoms with Crippen molar-refractivity contribution in [1.29, 1.82) is 0 Å². The molecule has 0 aliphatic carbocycles. The van der Waals surface area contributed by atoms with E-state index in [-0.39, 0.29) is 17.9 Å². The molecule has 158 valence electrons. The third-order valence-corrected chi connectivity index (χ3v) is 7.03. The fourth-order valence-electron chi connectivity index (χ4n) is 4.27. The maximum atomic E-state index is 13.3. The third kappa shape index (κ3) is 3.99. The summed E-state index contributed by atoms with van der Waals surface area (Å²) in [5.74, 6) is 0.0694. The predicted molar refractivity (Wildman–Crippen MR) is 120 cm³/mol. The number of carbonyl (C=O) groups is 2. The minimum atomic E-state index is 0.0324. The van der Waals surface area contributed by atoms with Crippen molar-refractivity contribution in [3.63, 3.8) is 0 Å². The van der Waals surface area contributed by atoms with Crippen LogP contribution < -0.4 is 0 Å². The normalized spacial score (nSPS) is 17.2. The Balaban J connectivity index is 1.71. The zero-order chi connectivity index (χ0) is 21.3. The molecule has 1 aliphatic rings. The van der Waals surface area contributed by atoms with Crippen LogP contribution in [0.2, 0.25) is 0 Å². The lowest BCUT2D eigenvalue weighted by molar-refractivity contribution is 0.0682. The van der Waals surface area contributed by atoms with Crippen molar-refractivity contribution < 1.29 is 9.59 Å². The molecule has 1 aliphatic heterocycles. The average Bonchev–Trinajstić information content (AvgIpc) is 3.24. The van der Waals surface area contributed by atoms with Crippen molar-refractivity contribution in [2.75, 3.05) is 20.6 Å². The molecule has 7 heteroatoms. The fourth-order valence-corrected chi connectivity index (χ4v) is 5.52. The van der Waals surface area contributed by atoms with E-state index in [1.165, 1.54) is 0 Å². The molecular weight excluding hydrogens is 396 g/mol. The molecule has 0 N–H and O–H groups in total. The van der Waals surface area contributed by atoms with Crippen LogP contribution in [0.5, 0.6) is 0 Å². The summed E-state index contributed by atoms with van der Waals surface area (Å²) in [5.41, 5.74) is 1.70. The zero-order valence-electron chi connectivity index (χ0n) is 17.8. The average molecular weight is 425 g/mol. The molecule has 4 rings (SSSR count). The quantitative estimate of drug-likeness (QED) is 0.637. The second kappa shape index (κ2) is 8.60. The second-order valence-electron chi connectivity index (χ2n) is 8.21. The van der Waals surface area contributed by atoms with Crippen LogP contribution in [0.15, 0.2) is 36.7 Å². The van der Waals surface area contributed by atoms with Gasteiger partial charge in [0.2, 0.25) is 0 Å². The smallest absolute Gasteiger partial charge is 0.263 e. The van der Waals surface area contributed by atoms with Gasteiger partial charge in [-0.2, -0.15) is 5.10 Å². The maximum Gasteiger partial charge on any atom is 0.263 e. The lowest BCUT2D eigenvalue weighted by Crippen LogP contribution is -2.41. The first-order valence-corrected chi connectivity index (χ1v) is 11.3. The van der Waals surface area contributed by atoms with Crippen molar-refractivity contribution in [3.05, 3.63) is 52.7 Å². The first-order valence-electron chi connectivity index (χ1n) is 10.5. The monoisotopic (exact) mass is 424 g/mol. The standard InChI is InChI=1S/C23H28N4O2S/c1-25(2)23(29)21-19(18-10-6-7-11-20(18)30-21)13-17-9-5-4-8-12-27(17)22(28)16-14-24-26(3)15-16/h6-7,10-11,14-15,17H,4-5,8-9,12-13H2,1-3H3. The van der Waals surface area contributed by atoms with Crippen LogP contribution in [0.3, 0.4) is 0 Å². The first kappa shape index (κ1) is 20.6.